The minimum absolute atomic E-state index is 0.0796. The molecule has 0 aromatic heterocycles. The van der Waals surface area contributed by atoms with Crippen LogP contribution in [0.25, 0.3) is 0 Å². The van der Waals surface area contributed by atoms with Crippen LogP contribution in [-0.2, 0) is 15.8 Å². The molecule has 6 heteroatoms. The van der Waals surface area contributed by atoms with Crippen LogP contribution in [0.2, 0.25) is 5.02 Å². The Kier molecular flexibility index (Phi) is 7.06. The molecule has 1 unspecified atom stereocenters. The number of rotatable bonds is 8. The number of benzene rings is 3. The first-order valence-electron chi connectivity index (χ1n) is 9.37. The molecule has 2 atom stereocenters. The summed E-state index contributed by atoms with van der Waals surface area (Å²) in [5.41, 5.74) is 2.47. The van der Waals surface area contributed by atoms with Gasteiger partial charge in [0, 0.05) is 17.0 Å². The molecule has 3 aromatic rings. The summed E-state index contributed by atoms with van der Waals surface area (Å²) in [7, 11) is -3.50. The number of halogens is 2. The fourth-order valence-electron chi connectivity index (χ4n) is 3.43. The lowest BCUT2D eigenvalue weighted by atomic mass is 9.86. The highest BCUT2D eigenvalue weighted by Crippen LogP contribution is 2.30. The normalized spacial score (nSPS) is 13.8. The van der Waals surface area contributed by atoms with Crippen LogP contribution in [0.3, 0.4) is 0 Å². The smallest absolute Gasteiger partial charge is 0.212 e. The zero-order valence-electron chi connectivity index (χ0n) is 16.1. The number of hydrogen-bond donors (Lipinski definition) is 1. The zero-order chi connectivity index (χ0) is 20.9. The third-order valence-electron chi connectivity index (χ3n) is 4.69. The highest BCUT2D eigenvalue weighted by molar-refractivity contribution is 7.88. The Morgan fingerprint density at radius 2 is 1.62 bits per heavy atom. The fraction of sp³-hybridized carbons (Fsp3) is 0.217. The molecular formula is C23H23ClFNO2S. The lowest BCUT2D eigenvalue weighted by molar-refractivity contribution is 0.528. The third kappa shape index (κ3) is 6.39. The Balaban J connectivity index is 1.79. The molecule has 0 heterocycles. The van der Waals surface area contributed by atoms with Crippen molar-refractivity contribution in [2.24, 2.45) is 0 Å². The Morgan fingerprint density at radius 3 is 2.28 bits per heavy atom. The SMILES string of the molecule is C[C@H](CC(c1ccc(Cl)cc1)c1cccc(F)c1)NS(=O)(=O)Cc1ccccc1. The minimum atomic E-state index is -3.50. The summed E-state index contributed by atoms with van der Waals surface area (Å²) in [6.07, 6.45) is 0.485. The van der Waals surface area contributed by atoms with E-state index in [0.717, 1.165) is 16.7 Å². The van der Waals surface area contributed by atoms with Crippen LogP contribution in [0.5, 0.6) is 0 Å². The van der Waals surface area contributed by atoms with E-state index in [2.05, 4.69) is 4.72 Å². The number of hydrogen-bond acceptors (Lipinski definition) is 2. The Morgan fingerprint density at radius 1 is 0.931 bits per heavy atom. The summed E-state index contributed by atoms with van der Waals surface area (Å²) in [5, 5.41) is 0.614. The molecule has 152 valence electrons. The molecule has 0 aliphatic carbocycles. The molecule has 3 nitrogen and oxygen atoms in total. The maximum Gasteiger partial charge on any atom is 0.216 e. The molecule has 3 rings (SSSR count). The maximum atomic E-state index is 13.8. The van der Waals surface area contributed by atoms with E-state index in [4.69, 9.17) is 11.6 Å². The van der Waals surface area contributed by atoms with E-state index in [1.165, 1.54) is 12.1 Å². The van der Waals surface area contributed by atoms with Gasteiger partial charge < -0.3 is 0 Å². The largest absolute Gasteiger partial charge is 0.216 e. The molecule has 0 aliphatic heterocycles. The van der Waals surface area contributed by atoms with Crippen LogP contribution in [-0.4, -0.2) is 14.5 Å². The second-order valence-electron chi connectivity index (χ2n) is 7.16. The van der Waals surface area contributed by atoms with Crippen molar-refractivity contribution in [1.82, 2.24) is 4.72 Å². The Bertz CT molecular complexity index is 1040. The monoisotopic (exact) mass is 431 g/mol. The molecule has 0 saturated heterocycles. The van der Waals surface area contributed by atoms with Gasteiger partial charge in [0.25, 0.3) is 0 Å². The molecule has 3 aromatic carbocycles. The van der Waals surface area contributed by atoms with Crippen molar-refractivity contribution in [1.29, 1.82) is 0 Å². The minimum Gasteiger partial charge on any atom is -0.212 e. The third-order valence-corrected chi connectivity index (χ3v) is 6.42. The average molecular weight is 432 g/mol. The van der Waals surface area contributed by atoms with Crippen LogP contribution < -0.4 is 4.72 Å². The lowest BCUT2D eigenvalue weighted by Gasteiger charge is -2.23. The van der Waals surface area contributed by atoms with Gasteiger partial charge in [-0.2, -0.15) is 0 Å². The summed E-state index contributed by atoms with van der Waals surface area (Å²) < 4.78 is 41.7. The van der Waals surface area contributed by atoms with Crippen LogP contribution >= 0.6 is 11.6 Å². The number of sulfonamides is 1. The highest BCUT2D eigenvalue weighted by atomic mass is 35.5. The summed E-state index contributed by atoms with van der Waals surface area (Å²) in [6.45, 7) is 1.82. The van der Waals surface area contributed by atoms with E-state index in [1.807, 2.05) is 43.3 Å². The standard InChI is InChI=1S/C23H23ClFNO2S/c1-17(26-29(27,28)16-18-6-3-2-4-7-18)14-23(19-10-12-21(24)13-11-19)20-8-5-9-22(25)15-20/h2-13,15,17,23,26H,14,16H2,1H3/t17-,23?/m1/s1. The first kappa shape index (κ1) is 21.5. The predicted octanol–water partition coefficient (Wildman–Crippen LogP) is 5.51. The number of nitrogens with one attached hydrogen (secondary N) is 1. The van der Waals surface area contributed by atoms with Crippen molar-refractivity contribution in [2.75, 3.05) is 0 Å². The predicted molar refractivity (Wildman–Crippen MR) is 116 cm³/mol. The molecule has 0 amide bonds. The van der Waals surface area contributed by atoms with Gasteiger partial charge in [0.15, 0.2) is 0 Å². The van der Waals surface area contributed by atoms with E-state index in [9.17, 15) is 12.8 Å². The van der Waals surface area contributed by atoms with Gasteiger partial charge in [0.2, 0.25) is 10.0 Å². The van der Waals surface area contributed by atoms with Crippen molar-refractivity contribution in [3.63, 3.8) is 0 Å². The molecule has 0 radical (unpaired) electrons. The second-order valence-corrected chi connectivity index (χ2v) is 9.35. The molecule has 0 saturated carbocycles. The average Bonchev–Trinajstić information content (AvgIpc) is 2.67. The lowest BCUT2D eigenvalue weighted by Crippen LogP contribution is -2.34. The van der Waals surface area contributed by atoms with E-state index in [-0.39, 0.29) is 23.5 Å². The molecule has 0 spiro atoms. The van der Waals surface area contributed by atoms with Crippen molar-refractivity contribution in [3.8, 4) is 0 Å². The van der Waals surface area contributed by atoms with Crippen LogP contribution in [0, 0.1) is 5.82 Å². The molecule has 1 N–H and O–H groups in total. The van der Waals surface area contributed by atoms with Crippen molar-refractivity contribution in [2.45, 2.75) is 31.1 Å². The molecule has 0 fully saturated rings. The summed E-state index contributed by atoms with van der Waals surface area (Å²) in [6, 6.07) is 22.5. The van der Waals surface area contributed by atoms with Gasteiger partial charge >= 0.3 is 0 Å². The molecule has 0 aliphatic rings. The van der Waals surface area contributed by atoms with Gasteiger partial charge in [-0.05, 0) is 54.3 Å². The first-order valence-corrected chi connectivity index (χ1v) is 11.4. The zero-order valence-corrected chi connectivity index (χ0v) is 17.6. The summed E-state index contributed by atoms with van der Waals surface area (Å²) in [4.78, 5) is 0. The Hall–Kier alpha value is -2.21. The van der Waals surface area contributed by atoms with Gasteiger partial charge in [0.1, 0.15) is 5.82 Å². The second kappa shape index (κ2) is 9.53. The fourth-order valence-corrected chi connectivity index (χ4v) is 4.98. The molecule has 29 heavy (non-hydrogen) atoms. The molecular weight excluding hydrogens is 409 g/mol. The van der Waals surface area contributed by atoms with Crippen molar-refractivity contribution < 1.29 is 12.8 Å². The van der Waals surface area contributed by atoms with E-state index < -0.39 is 10.0 Å². The summed E-state index contributed by atoms with van der Waals surface area (Å²) in [5.74, 6) is -0.569. The van der Waals surface area contributed by atoms with Crippen molar-refractivity contribution in [3.05, 3.63) is 106 Å². The molecule has 0 bridgehead atoms. The van der Waals surface area contributed by atoms with E-state index in [1.54, 1.807) is 30.3 Å². The van der Waals surface area contributed by atoms with E-state index in [0.29, 0.717) is 11.4 Å². The first-order chi connectivity index (χ1) is 13.8. The van der Waals surface area contributed by atoms with Crippen molar-refractivity contribution >= 4 is 21.6 Å². The van der Waals surface area contributed by atoms with Crippen LogP contribution in [0.4, 0.5) is 4.39 Å². The van der Waals surface area contributed by atoms with Gasteiger partial charge in [-0.15, -0.1) is 0 Å². The van der Waals surface area contributed by atoms with Gasteiger partial charge in [0.05, 0.1) is 5.75 Å². The maximum absolute atomic E-state index is 13.8. The van der Waals surface area contributed by atoms with Crippen LogP contribution in [0.1, 0.15) is 36.0 Å². The highest BCUT2D eigenvalue weighted by Gasteiger charge is 2.22. The topological polar surface area (TPSA) is 46.2 Å². The summed E-state index contributed by atoms with van der Waals surface area (Å²) >= 11 is 6.01. The quantitative estimate of drug-likeness (QED) is 0.511. The van der Waals surface area contributed by atoms with Crippen LogP contribution in [0.15, 0.2) is 78.9 Å². The van der Waals surface area contributed by atoms with Gasteiger partial charge in [-0.25, -0.2) is 17.5 Å². The van der Waals surface area contributed by atoms with Gasteiger partial charge in [-0.1, -0.05) is 66.2 Å². The Labute approximate surface area is 176 Å². The van der Waals surface area contributed by atoms with Gasteiger partial charge in [-0.3, -0.25) is 0 Å². The van der Waals surface area contributed by atoms with E-state index >= 15 is 0 Å².